The molecule has 0 aliphatic carbocycles. The summed E-state index contributed by atoms with van der Waals surface area (Å²) in [6.07, 6.45) is 0. The second kappa shape index (κ2) is 5.14. The standard InChI is InChI=1S/C10H8N6O/c11-4-6-1-7(3-8(17)2-6)15-16-9(5-12)10(13)14/h1-3,15,17H,(H3,13,14)/b16-9+. The van der Waals surface area contributed by atoms with Crippen molar-refractivity contribution in [1.29, 1.82) is 15.9 Å². The second-order valence-corrected chi connectivity index (χ2v) is 2.98. The molecule has 1 aromatic rings. The molecule has 1 aromatic carbocycles. The van der Waals surface area contributed by atoms with Crippen molar-refractivity contribution < 1.29 is 5.11 Å². The zero-order chi connectivity index (χ0) is 12.8. The van der Waals surface area contributed by atoms with Crippen LogP contribution in [-0.2, 0) is 0 Å². The van der Waals surface area contributed by atoms with Crippen LogP contribution in [0.1, 0.15) is 5.56 Å². The molecule has 0 saturated heterocycles. The number of anilines is 1. The van der Waals surface area contributed by atoms with Crippen LogP contribution in [0, 0.1) is 28.1 Å². The summed E-state index contributed by atoms with van der Waals surface area (Å²) in [5, 5.41) is 37.1. The van der Waals surface area contributed by atoms with Crippen molar-refractivity contribution in [2.24, 2.45) is 10.8 Å². The van der Waals surface area contributed by atoms with E-state index in [-0.39, 0.29) is 17.0 Å². The number of nitriles is 2. The predicted molar refractivity (Wildman–Crippen MR) is 61.4 cm³/mol. The van der Waals surface area contributed by atoms with Crippen LogP contribution in [-0.4, -0.2) is 16.7 Å². The van der Waals surface area contributed by atoms with E-state index < -0.39 is 5.84 Å². The van der Waals surface area contributed by atoms with Crippen LogP contribution in [0.4, 0.5) is 5.69 Å². The van der Waals surface area contributed by atoms with E-state index in [2.05, 4.69) is 10.5 Å². The Kier molecular flexibility index (Phi) is 3.63. The van der Waals surface area contributed by atoms with Gasteiger partial charge in [0.15, 0.2) is 5.84 Å². The van der Waals surface area contributed by atoms with Crippen molar-refractivity contribution >= 4 is 17.2 Å². The Morgan fingerprint density at radius 1 is 1.41 bits per heavy atom. The number of hydrogen-bond donors (Lipinski definition) is 4. The number of aromatic hydroxyl groups is 1. The Hall–Kier alpha value is -3.06. The molecule has 0 aliphatic rings. The molecule has 0 amide bonds. The van der Waals surface area contributed by atoms with Crippen LogP contribution >= 0.6 is 0 Å². The van der Waals surface area contributed by atoms with E-state index in [1.807, 2.05) is 6.07 Å². The van der Waals surface area contributed by atoms with Gasteiger partial charge in [-0.3, -0.25) is 10.8 Å². The lowest BCUT2D eigenvalue weighted by Crippen LogP contribution is -2.21. The molecule has 0 aliphatic heterocycles. The van der Waals surface area contributed by atoms with Gasteiger partial charge in [0, 0.05) is 6.07 Å². The molecule has 0 aromatic heterocycles. The Bertz CT molecular complexity index is 563. The first kappa shape index (κ1) is 12.0. The van der Waals surface area contributed by atoms with Gasteiger partial charge in [0.2, 0.25) is 5.71 Å². The van der Waals surface area contributed by atoms with E-state index >= 15 is 0 Å². The minimum absolute atomic E-state index is 0.108. The molecule has 5 N–H and O–H groups in total. The van der Waals surface area contributed by atoms with Gasteiger partial charge in [-0.05, 0) is 12.1 Å². The first-order valence-corrected chi connectivity index (χ1v) is 4.39. The van der Waals surface area contributed by atoms with Crippen molar-refractivity contribution in [3.63, 3.8) is 0 Å². The topological polar surface area (TPSA) is 142 Å². The molecule has 0 saturated carbocycles. The zero-order valence-corrected chi connectivity index (χ0v) is 8.60. The minimum atomic E-state index is -0.472. The van der Waals surface area contributed by atoms with Crippen LogP contribution in [0.25, 0.3) is 0 Å². The molecule has 0 atom stereocenters. The molecule has 0 bridgehead atoms. The molecule has 1 rings (SSSR count). The van der Waals surface area contributed by atoms with E-state index in [1.165, 1.54) is 18.2 Å². The average molecular weight is 228 g/mol. The van der Waals surface area contributed by atoms with Gasteiger partial charge in [0.05, 0.1) is 17.3 Å². The highest BCUT2D eigenvalue weighted by atomic mass is 16.3. The van der Waals surface area contributed by atoms with Gasteiger partial charge in [-0.15, -0.1) is 0 Å². The molecule has 0 heterocycles. The molecular weight excluding hydrogens is 220 g/mol. The molecular formula is C10H8N6O. The lowest BCUT2D eigenvalue weighted by Gasteiger charge is -2.02. The van der Waals surface area contributed by atoms with Crippen LogP contribution in [0.15, 0.2) is 23.3 Å². The van der Waals surface area contributed by atoms with E-state index in [1.54, 1.807) is 6.07 Å². The maximum atomic E-state index is 9.29. The first-order chi connectivity index (χ1) is 8.06. The summed E-state index contributed by atoms with van der Waals surface area (Å²) in [5.41, 5.74) is 7.78. The van der Waals surface area contributed by atoms with Gasteiger partial charge in [-0.1, -0.05) is 0 Å². The summed E-state index contributed by atoms with van der Waals surface area (Å²) in [4.78, 5) is 0. The monoisotopic (exact) mass is 228 g/mol. The van der Waals surface area contributed by atoms with Gasteiger partial charge in [0.25, 0.3) is 0 Å². The van der Waals surface area contributed by atoms with Crippen LogP contribution < -0.4 is 11.2 Å². The zero-order valence-electron chi connectivity index (χ0n) is 8.60. The summed E-state index contributed by atoms with van der Waals surface area (Å²) in [6.45, 7) is 0. The van der Waals surface area contributed by atoms with Gasteiger partial charge < -0.3 is 10.8 Å². The quantitative estimate of drug-likeness (QED) is 0.338. The fourth-order valence-electron chi connectivity index (χ4n) is 1.01. The molecule has 7 heteroatoms. The van der Waals surface area contributed by atoms with E-state index in [0.29, 0.717) is 5.69 Å². The number of hydrazone groups is 1. The van der Waals surface area contributed by atoms with Gasteiger partial charge in [0.1, 0.15) is 11.8 Å². The maximum Gasteiger partial charge on any atom is 0.201 e. The Labute approximate surface area is 96.9 Å². The van der Waals surface area contributed by atoms with Crippen molar-refractivity contribution in [1.82, 2.24) is 0 Å². The lowest BCUT2D eigenvalue weighted by atomic mass is 10.2. The Balaban J connectivity index is 2.98. The summed E-state index contributed by atoms with van der Waals surface area (Å²) in [7, 11) is 0. The molecule has 0 spiro atoms. The number of phenols is 1. The minimum Gasteiger partial charge on any atom is -0.508 e. The summed E-state index contributed by atoms with van der Waals surface area (Å²) in [5.74, 6) is -0.580. The smallest absolute Gasteiger partial charge is 0.201 e. The van der Waals surface area contributed by atoms with E-state index in [4.69, 9.17) is 21.7 Å². The third-order valence-electron chi connectivity index (χ3n) is 1.70. The van der Waals surface area contributed by atoms with E-state index in [0.717, 1.165) is 0 Å². The third kappa shape index (κ3) is 3.22. The lowest BCUT2D eigenvalue weighted by molar-refractivity contribution is 0.475. The van der Waals surface area contributed by atoms with Crippen LogP contribution in [0.3, 0.4) is 0 Å². The second-order valence-electron chi connectivity index (χ2n) is 2.98. The summed E-state index contributed by atoms with van der Waals surface area (Å²) >= 11 is 0. The number of nitrogens with zero attached hydrogens (tertiary/aromatic N) is 3. The van der Waals surface area contributed by atoms with Gasteiger partial charge in [-0.25, -0.2) is 0 Å². The number of rotatable bonds is 3. The van der Waals surface area contributed by atoms with Crippen molar-refractivity contribution in [3.8, 4) is 17.9 Å². The number of phenolic OH excluding ortho intramolecular Hbond substituents is 1. The molecule has 0 fully saturated rings. The van der Waals surface area contributed by atoms with Crippen molar-refractivity contribution in [2.75, 3.05) is 5.43 Å². The highest BCUT2D eigenvalue weighted by Gasteiger charge is 2.02. The Morgan fingerprint density at radius 2 is 2.12 bits per heavy atom. The van der Waals surface area contributed by atoms with Crippen molar-refractivity contribution in [2.45, 2.75) is 0 Å². The van der Waals surface area contributed by atoms with Crippen LogP contribution in [0.5, 0.6) is 5.75 Å². The Morgan fingerprint density at radius 3 is 2.65 bits per heavy atom. The normalized spacial score (nSPS) is 10.1. The summed E-state index contributed by atoms with van der Waals surface area (Å²) in [6, 6.07) is 7.51. The highest BCUT2D eigenvalue weighted by Crippen LogP contribution is 2.19. The molecule has 7 nitrogen and oxygen atoms in total. The fourth-order valence-corrected chi connectivity index (χ4v) is 1.01. The maximum absolute atomic E-state index is 9.29. The fraction of sp³-hybridized carbons (Fsp3) is 0. The van der Waals surface area contributed by atoms with Crippen molar-refractivity contribution in [3.05, 3.63) is 23.8 Å². The van der Waals surface area contributed by atoms with Crippen LogP contribution in [0.2, 0.25) is 0 Å². The molecule has 0 radical (unpaired) electrons. The third-order valence-corrected chi connectivity index (χ3v) is 1.70. The van der Waals surface area contributed by atoms with E-state index in [9.17, 15) is 5.11 Å². The molecule has 17 heavy (non-hydrogen) atoms. The number of benzene rings is 1. The largest absolute Gasteiger partial charge is 0.508 e. The first-order valence-electron chi connectivity index (χ1n) is 4.39. The highest BCUT2D eigenvalue weighted by molar-refractivity contribution is 6.45. The van der Waals surface area contributed by atoms with Gasteiger partial charge >= 0.3 is 0 Å². The number of hydrogen-bond acceptors (Lipinski definition) is 6. The predicted octanol–water partition coefficient (Wildman–Crippen LogP) is 0.491. The molecule has 0 unspecified atom stereocenters. The molecule has 84 valence electrons. The summed E-state index contributed by atoms with van der Waals surface area (Å²) < 4.78 is 0. The number of nitrogens with two attached hydrogens (primary N) is 1. The number of amidine groups is 1. The SMILES string of the molecule is N#C/C(=N\Nc1cc(O)cc(C#N)c1)C(=N)N. The number of nitrogens with one attached hydrogen (secondary N) is 2. The average Bonchev–Trinajstić information content (AvgIpc) is 2.28. The van der Waals surface area contributed by atoms with Gasteiger partial charge in [-0.2, -0.15) is 15.6 Å².